The molecule has 1 rings (SSSR count). The van der Waals surface area contributed by atoms with Gasteiger partial charge in [0.2, 0.25) is 0 Å². The number of nitrogens with one attached hydrogen (secondary N) is 1. The summed E-state index contributed by atoms with van der Waals surface area (Å²) in [7, 11) is 1.98. The molecule has 1 aromatic heterocycles. The molecule has 0 fully saturated rings. The molecule has 1 atom stereocenters. The number of hydrogen-bond donors (Lipinski definition) is 1. The van der Waals surface area contributed by atoms with Crippen LogP contribution in [-0.2, 0) is 6.42 Å². The molecule has 0 amide bonds. The summed E-state index contributed by atoms with van der Waals surface area (Å²) in [5.74, 6) is 0. The fourth-order valence-corrected chi connectivity index (χ4v) is 2.37. The maximum atomic E-state index is 4.18. The maximum absolute atomic E-state index is 4.18. The molecule has 84 valence electrons. The SMILES string of the molecule is C=C(C)CC(NC)c1snnc1CCC. The van der Waals surface area contributed by atoms with E-state index in [4.69, 9.17) is 0 Å². The van der Waals surface area contributed by atoms with Gasteiger partial charge in [-0.25, -0.2) is 0 Å². The lowest BCUT2D eigenvalue weighted by atomic mass is 10.0. The van der Waals surface area contributed by atoms with Gasteiger partial charge < -0.3 is 5.32 Å². The Morgan fingerprint density at radius 2 is 2.33 bits per heavy atom. The number of aromatic nitrogens is 2. The lowest BCUT2D eigenvalue weighted by Crippen LogP contribution is -2.16. The van der Waals surface area contributed by atoms with Crippen LogP contribution in [0.5, 0.6) is 0 Å². The zero-order chi connectivity index (χ0) is 11.3. The first-order chi connectivity index (χ1) is 7.19. The predicted octanol–water partition coefficient (Wildman–Crippen LogP) is 2.72. The molecule has 1 unspecified atom stereocenters. The van der Waals surface area contributed by atoms with Gasteiger partial charge in [-0.05, 0) is 38.3 Å². The van der Waals surface area contributed by atoms with Crippen molar-refractivity contribution in [1.29, 1.82) is 0 Å². The Balaban J connectivity index is 2.80. The molecule has 0 radical (unpaired) electrons. The van der Waals surface area contributed by atoms with E-state index in [1.54, 1.807) is 0 Å². The van der Waals surface area contributed by atoms with Gasteiger partial charge in [0, 0.05) is 6.04 Å². The van der Waals surface area contributed by atoms with Crippen molar-refractivity contribution in [1.82, 2.24) is 14.9 Å². The van der Waals surface area contributed by atoms with Crippen LogP contribution < -0.4 is 5.32 Å². The summed E-state index contributed by atoms with van der Waals surface area (Å²) < 4.78 is 4.04. The molecular weight excluding hydrogens is 206 g/mol. The normalized spacial score (nSPS) is 12.7. The summed E-state index contributed by atoms with van der Waals surface area (Å²) >= 11 is 1.50. The second-order valence-electron chi connectivity index (χ2n) is 3.84. The van der Waals surface area contributed by atoms with Crippen LogP contribution in [-0.4, -0.2) is 16.6 Å². The van der Waals surface area contributed by atoms with Crippen LogP contribution in [0.2, 0.25) is 0 Å². The van der Waals surface area contributed by atoms with E-state index in [1.807, 2.05) is 7.05 Å². The molecule has 0 aromatic carbocycles. The molecule has 0 bridgehead atoms. The van der Waals surface area contributed by atoms with Gasteiger partial charge in [-0.15, -0.1) is 11.7 Å². The van der Waals surface area contributed by atoms with Crippen LogP contribution in [0.3, 0.4) is 0 Å². The van der Waals surface area contributed by atoms with Crippen LogP contribution in [0.25, 0.3) is 0 Å². The molecule has 0 saturated heterocycles. The van der Waals surface area contributed by atoms with E-state index >= 15 is 0 Å². The molecule has 15 heavy (non-hydrogen) atoms. The second kappa shape index (κ2) is 5.98. The third kappa shape index (κ3) is 3.39. The van der Waals surface area contributed by atoms with Gasteiger partial charge in [0.25, 0.3) is 0 Å². The Morgan fingerprint density at radius 3 is 2.87 bits per heavy atom. The van der Waals surface area contributed by atoms with Crippen molar-refractivity contribution in [3.63, 3.8) is 0 Å². The van der Waals surface area contributed by atoms with Gasteiger partial charge in [0.05, 0.1) is 10.6 Å². The van der Waals surface area contributed by atoms with Gasteiger partial charge in [0.15, 0.2) is 0 Å². The maximum Gasteiger partial charge on any atom is 0.0803 e. The summed E-state index contributed by atoms with van der Waals surface area (Å²) in [6.07, 6.45) is 3.08. The second-order valence-corrected chi connectivity index (χ2v) is 4.62. The lowest BCUT2D eigenvalue weighted by molar-refractivity contribution is 0.591. The zero-order valence-corrected chi connectivity index (χ0v) is 10.5. The van der Waals surface area contributed by atoms with Gasteiger partial charge in [0.1, 0.15) is 0 Å². The summed E-state index contributed by atoms with van der Waals surface area (Å²) in [5, 5.41) is 7.49. The van der Waals surface area contributed by atoms with E-state index in [1.165, 1.54) is 22.0 Å². The van der Waals surface area contributed by atoms with Crippen LogP contribution >= 0.6 is 11.5 Å². The minimum Gasteiger partial charge on any atom is -0.312 e. The highest BCUT2D eigenvalue weighted by Crippen LogP contribution is 2.26. The number of rotatable bonds is 6. The van der Waals surface area contributed by atoms with Gasteiger partial charge in [-0.2, -0.15) is 0 Å². The first-order valence-electron chi connectivity index (χ1n) is 5.31. The first kappa shape index (κ1) is 12.3. The van der Waals surface area contributed by atoms with Gasteiger partial charge in [-0.3, -0.25) is 0 Å². The van der Waals surface area contributed by atoms with Crippen LogP contribution in [0, 0.1) is 0 Å². The molecule has 0 aliphatic carbocycles. The molecule has 3 nitrogen and oxygen atoms in total. The van der Waals surface area contributed by atoms with Crippen molar-refractivity contribution in [2.75, 3.05) is 7.05 Å². The number of nitrogens with zero attached hydrogens (tertiary/aromatic N) is 2. The van der Waals surface area contributed by atoms with E-state index in [0.717, 1.165) is 25.0 Å². The minimum atomic E-state index is 0.323. The largest absolute Gasteiger partial charge is 0.312 e. The number of hydrogen-bond acceptors (Lipinski definition) is 4. The Hall–Kier alpha value is -0.740. The number of aryl methyl sites for hydroxylation is 1. The Labute approximate surface area is 95.8 Å². The minimum absolute atomic E-state index is 0.323. The molecule has 0 aliphatic rings. The monoisotopic (exact) mass is 225 g/mol. The van der Waals surface area contributed by atoms with E-state index in [2.05, 4.69) is 35.3 Å². The third-order valence-electron chi connectivity index (χ3n) is 2.29. The van der Waals surface area contributed by atoms with Crippen molar-refractivity contribution < 1.29 is 0 Å². The highest BCUT2D eigenvalue weighted by atomic mass is 32.1. The van der Waals surface area contributed by atoms with E-state index in [9.17, 15) is 0 Å². The zero-order valence-electron chi connectivity index (χ0n) is 9.71. The van der Waals surface area contributed by atoms with E-state index < -0.39 is 0 Å². The Morgan fingerprint density at radius 1 is 1.60 bits per heavy atom. The smallest absolute Gasteiger partial charge is 0.0803 e. The van der Waals surface area contributed by atoms with E-state index in [0.29, 0.717) is 6.04 Å². The van der Waals surface area contributed by atoms with Gasteiger partial charge in [-0.1, -0.05) is 23.4 Å². The molecule has 4 heteroatoms. The molecule has 0 aliphatic heterocycles. The van der Waals surface area contributed by atoms with Crippen LogP contribution in [0.4, 0.5) is 0 Å². The molecule has 1 aromatic rings. The summed E-state index contributed by atoms with van der Waals surface area (Å²) in [6.45, 7) is 8.17. The topological polar surface area (TPSA) is 37.8 Å². The summed E-state index contributed by atoms with van der Waals surface area (Å²) in [6, 6.07) is 0.323. The Kier molecular flexibility index (Phi) is 4.91. The van der Waals surface area contributed by atoms with Crippen molar-refractivity contribution in [3.05, 3.63) is 22.7 Å². The molecule has 0 spiro atoms. The van der Waals surface area contributed by atoms with Crippen molar-refractivity contribution in [2.24, 2.45) is 0 Å². The summed E-state index contributed by atoms with van der Waals surface area (Å²) in [4.78, 5) is 1.27. The summed E-state index contributed by atoms with van der Waals surface area (Å²) in [5.41, 5.74) is 2.33. The molecule has 1 heterocycles. The standard InChI is InChI=1S/C11H19N3S/c1-5-6-9-11(15-14-13-9)10(12-4)7-8(2)3/h10,12H,2,5-7H2,1,3-4H3. The fraction of sp³-hybridized carbons (Fsp3) is 0.636. The van der Waals surface area contributed by atoms with Gasteiger partial charge >= 0.3 is 0 Å². The Bertz CT molecular complexity index is 319. The third-order valence-corrected chi connectivity index (χ3v) is 3.17. The average Bonchev–Trinajstić information content (AvgIpc) is 2.63. The quantitative estimate of drug-likeness (QED) is 0.756. The molecular formula is C11H19N3S. The molecule has 0 saturated carbocycles. The predicted molar refractivity (Wildman–Crippen MR) is 65.1 cm³/mol. The average molecular weight is 225 g/mol. The van der Waals surface area contributed by atoms with Crippen molar-refractivity contribution in [3.8, 4) is 0 Å². The molecule has 1 N–H and O–H groups in total. The van der Waals surface area contributed by atoms with Crippen LogP contribution in [0.15, 0.2) is 12.2 Å². The van der Waals surface area contributed by atoms with Crippen molar-refractivity contribution in [2.45, 2.75) is 39.2 Å². The first-order valence-corrected chi connectivity index (χ1v) is 6.09. The fourth-order valence-electron chi connectivity index (χ4n) is 1.56. The highest BCUT2D eigenvalue weighted by molar-refractivity contribution is 7.05. The van der Waals surface area contributed by atoms with Crippen LogP contribution in [0.1, 0.15) is 43.3 Å². The highest BCUT2D eigenvalue weighted by Gasteiger charge is 2.17. The van der Waals surface area contributed by atoms with Crippen molar-refractivity contribution >= 4 is 11.5 Å². The van der Waals surface area contributed by atoms with E-state index in [-0.39, 0.29) is 0 Å². The lowest BCUT2D eigenvalue weighted by Gasteiger charge is -2.14.